The Morgan fingerprint density at radius 1 is 1.47 bits per heavy atom. The highest BCUT2D eigenvalue weighted by molar-refractivity contribution is 9.11. The van der Waals surface area contributed by atoms with Gasteiger partial charge in [0, 0.05) is 17.0 Å². The Hall–Kier alpha value is -0.100. The molecule has 1 aromatic rings. The van der Waals surface area contributed by atoms with Crippen molar-refractivity contribution in [1.82, 2.24) is 5.32 Å². The van der Waals surface area contributed by atoms with Crippen LogP contribution in [0.3, 0.4) is 0 Å². The van der Waals surface area contributed by atoms with Crippen LogP contribution in [0.15, 0.2) is 15.9 Å². The van der Waals surface area contributed by atoms with Crippen molar-refractivity contribution in [1.29, 1.82) is 0 Å². The standard InChI is InChI=1S/C13H21BrN2OS.ClH/c1-4-13(15,5-2)8-16-12(17)9(3)10-6-7-11(14)18-10;/h6-7,9H,4-5,8,15H2,1-3H3,(H,16,17);1H. The summed E-state index contributed by atoms with van der Waals surface area (Å²) >= 11 is 5.00. The normalized spacial score (nSPS) is 12.7. The van der Waals surface area contributed by atoms with Gasteiger partial charge in [-0.15, -0.1) is 23.7 Å². The van der Waals surface area contributed by atoms with Gasteiger partial charge in [-0.3, -0.25) is 4.79 Å². The Bertz CT molecular complexity index is 407. The summed E-state index contributed by atoms with van der Waals surface area (Å²) in [6.07, 6.45) is 1.73. The van der Waals surface area contributed by atoms with Crippen LogP contribution < -0.4 is 11.1 Å². The van der Waals surface area contributed by atoms with Crippen LogP contribution in [-0.4, -0.2) is 18.0 Å². The van der Waals surface area contributed by atoms with Gasteiger partial charge in [-0.2, -0.15) is 0 Å². The third-order valence-electron chi connectivity index (χ3n) is 3.44. The van der Waals surface area contributed by atoms with Gasteiger partial charge in [-0.05, 0) is 47.8 Å². The summed E-state index contributed by atoms with van der Waals surface area (Å²) in [6, 6.07) is 3.95. The number of carbonyl (C=O) groups is 1. The predicted octanol–water partition coefficient (Wildman–Crippen LogP) is 3.67. The second kappa shape index (κ2) is 8.25. The first kappa shape index (κ1) is 18.9. The second-order valence-electron chi connectivity index (χ2n) is 4.65. The first-order valence-electron chi connectivity index (χ1n) is 6.23. The molecule has 1 aromatic heterocycles. The molecular formula is C13H22BrClN2OS. The zero-order chi connectivity index (χ0) is 13.8. The molecule has 110 valence electrons. The third-order valence-corrected chi connectivity index (χ3v) is 5.24. The quantitative estimate of drug-likeness (QED) is 0.804. The Labute approximate surface area is 133 Å². The van der Waals surface area contributed by atoms with Crippen LogP contribution in [0.25, 0.3) is 0 Å². The zero-order valence-corrected chi connectivity index (χ0v) is 14.8. The fourth-order valence-electron chi connectivity index (χ4n) is 1.61. The van der Waals surface area contributed by atoms with Gasteiger partial charge >= 0.3 is 0 Å². The number of thiophene rings is 1. The van der Waals surface area contributed by atoms with Crippen molar-refractivity contribution in [2.75, 3.05) is 6.54 Å². The van der Waals surface area contributed by atoms with Crippen molar-refractivity contribution < 1.29 is 4.79 Å². The Morgan fingerprint density at radius 2 is 2.05 bits per heavy atom. The third kappa shape index (κ3) is 5.42. The van der Waals surface area contributed by atoms with E-state index in [0.717, 1.165) is 21.5 Å². The van der Waals surface area contributed by atoms with Crippen LogP contribution >= 0.6 is 39.7 Å². The average molecular weight is 370 g/mol. The van der Waals surface area contributed by atoms with E-state index in [2.05, 4.69) is 35.1 Å². The molecule has 0 fully saturated rings. The maximum atomic E-state index is 12.1. The molecule has 19 heavy (non-hydrogen) atoms. The van der Waals surface area contributed by atoms with E-state index in [0.29, 0.717) is 6.54 Å². The molecule has 0 saturated heterocycles. The van der Waals surface area contributed by atoms with E-state index >= 15 is 0 Å². The van der Waals surface area contributed by atoms with Crippen LogP contribution in [0.2, 0.25) is 0 Å². The number of nitrogens with one attached hydrogen (secondary N) is 1. The maximum absolute atomic E-state index is 12.1. The van der Waals surface area contributed by atoms with E-state index < -0.39 is 0 Å². The fourth-order valence-corrected chi connectivity index (χ4v) is 3.08. The molecule has 0 aliphatic carbocycles. The lowest BCUT2D eigenvalue weighted by Crippen LogP contribution is -2.49. The molecule has 6 heteroatoms. The Balaban J connectivity index is 0.00000324. The number of nitrogens with two attached hydrogens (primary N) is 1. The lowest BCUT2D eigenvalue weighted by Gasteiger charge is -2.27. The summed E-state index contributed by atoms with van der Waals surface area (Å²) in [5.41, 5.74) is 5.88. The van der Waals surface area contributed by atoms with Gasteiger partial charge in [0.2, 0.25) is 5.91 Å². The van der Waals surface area contributed by atoms with E-state index in [1.54, 1.807) is 11.3 Å². The summed E-state index contributed by atoms with van der Waals surface area (Å²) in [4.78, 5) is 13.1. The number of carbonyl (C=O) groups excluding carboxylic acids is 1. The molecule has 1 atom stereocenters. The smallest absolute Gasteiger partial charge is 0.228 e. The van der Waals surface area contributed by atoms with Crippen molar-refractivity contribution in [2.24, 2.45) is 5.73 Å². The molecule has 1 heterocycles. The van der Waals surface area contributed by atoms with Gasteiger partial charge < -0.3 is 11.1 Å². The lowest BCUT2D eigenvalue weighted by molar-refractivity contribution is -0.122. The van der Waals surface area contributed by atoms with E-state index in [9.17, 15) is 4.79 Å². The van der Waals surface area contributed by atoms with Crippen LogP contribution in [0.4, 0.5) is 0 Å². The minimum Gasteiger partial charge on any atom is -0.354 e. The number of amides is 1. The van der Waals surface area contributed by atoms with Crippen LogP contribution in [0, 0.1) is 0 Å². The van der Waals surface area contributed by atoms with E-state index in [1.165, 1.54) is 0 Å². The zero-order valence-electron chi connectivity index (χ0n) is 11.5. The summed E-state index contributed by atoms with van der Waals surface area (Å²) in [7, 11) is 0. The van der Waals surface area contributed by atoms with Crippen LogP contribution in [0.5, 0.6) is 0 Å². The molecule has 0 aromatic carbocycles. The minimum absolute atomic E-state index is 0. The first-order valence-corrected chi connectivity index (χ1v) is 7.84. The molecular weight excluding hydrogens is 348 g/mol. The second-order valence-corrected chi connectivity index (χ2v) is 7.15. The van der Waals surface area contributed by atoms with Gasteiger partial charge in [-0.1, -0.05) is 13.8 Å². The molecule has 0 aliphatic rings. The molecule has 1 unspecified atom stereocenters. The van der Waals surface area contributed by atoms with E-state index in [1.807, 2.05) is 19.1 Å². The molecule has 0 bridgehead atoms. The first-order chi connectivity index (χ1) is 8.41. The van der Waals surface area contributed by atoms with Crippen LogP contribution in [0.1, 0.15) is 44.4 Å². The molecule has 0 spiro atoms. The lowest BCUT2D eigenvalue weighted by atomic mass is 9.94. The molecule has 0 aliphatic heterocycles. The predicted molar refractivity (Wildman–Crippen MR) is 88.2 cm³/mol. The summed E-state index contributed by atoms with van der Waals surface area (Å²) in [5, 5.41) is 2.96. The van der Waals surface area contributed by atoms with Gasteiger partial charge in [0.15, 0.2) is 0 Å². The maximum Gasteiger partial charge on any atom is 0.228 e. The van der Waals surface area contributed by atoms with Crippen molar-refractivity contribution in [3.05, 3.63) is 20.8 Å². The van der Waals surface area contributed by atoms with E-state index in [-0.39, 0.29) is 29.8 Å². The summed E-state index contributed by atoms with van der Waals surface area (Å²) in [6.45, 7) is 6.56. The average Bonchev–Trinajstić information content (AvgIpc) is 2.81. The van der Waals surface area contributed by atoms with Crippen molar-refractivity contribution in [3.63, 3.8) is 0 Å². The molecule has 3 nitrogen and oxygen atoms in total. The highest BCUT2D eigenvalue weighted by Crippen LogP contribution is 2.28. The summed E-state index contributed by atoms with van der Waals surface area (Å²) < 4.78 is 1.05. The molecule has 0 radical (unpaired) electrons. The van der Waals surface area contributed by atoms with Crippen molar-refractivity contribution >= 4 is 45.6 Å². The van der Waals surface area contributed by atoms with Crippen molar-refractivity contribution in [2.45, 2.75) is 45.1 Å². The van der Waals surface area contributed by atoms with Crippen molar-refractivity contribution in [3.8, 4) is 0 Å². The molecule has 3 N–H and O–H groups in total. The molecule has 0 saturated carbocycles. The molecule has 1 amide bonds. The number of halogens is 2. The Morgan fingerprint density at radius 3 is 2.47 bits per heavy atom. The van der Waals surface area contributed by atoms with Gasteiger partial charge in [-0.25, -0.2) is 0 Å². The SMILES string of the molecule is CCC(N)(CC)CNC(=O)C(C)c1ccc(Br)s1.Cl. The van der Waals surface area contributed by atoms with Crippen LogP contribution in [-0.2, 0) is 4.79 Å². The molecule has 1 rings (SSSR count). The van der Waals surface area contributed by atoms with E-state index in [4.69, 9.17) is 5.73 Å². The number of hydrogen-bond donors (Lipinski definition) is 2. The highest BCUT2D eigenvalue weighted by atomic mass is 79.9. The topological polar surface area (TPSA) is 55.1 Å². The van der Waals surface area contributed by atoms with Gasteiger partial charge in [0.25, 0.3) is 0 Å². The number of hydrogen-bond acceptors (Lipinski definition) is 3. The Kier molecular flexibility index (Phi) is 8.20. The minimum atomic E-state index is -0.286. The highest BCUT2D eigenvalue weighted by Gasteiger charge is 2.23. The largest absolute Gasteiger partial charge is 0.354 e. The van der Waals surface area contributed by atoms with Gasteiger partial charge in [0.05, 0.1) is 9.70 Å². The monoisotopic (exact) mass is 368 g/mol. The number of rotatable bonds is 6. The fraction of sp³-hybridized carbons (Fsp3) is 0.615. The summed E-state index contributed by atoms with van der Waals surface area (Å²) in [5.74, 6) is -0.0830. The van der Waals surface area contributed by atoms with Gasteiger partial charge in [0.1, 0.15) is 0 Å².